The van der Waals surface area contributed by atoms with Crippen molar-refractivity contribution >= 4 is 15.9 Å². The molecule has 0 spiro atoms. The highest BCUT2D eigenvalue weighted by molar-refractivity contribution is 7.91. The SMILES string of the molecule is CCS(=O)(=O)C[C@H](C)NC(=O)N1CCO[C@H](C2CCCCC2)C1. The molecule has 6 nitrogen and oxygen atoms in total. The highest BCUT2D eigenvalue weighted by Crippen LogP contribution is 2.29. The van der Waals surface area contributed by atoms with E-state index in [1.165, 1.54) is 32.1 Å². The number of urea groups is 1. The van der Waals surface area contributed by atoms with Crippen LogP contribution in [0.2, 0.25) is 0 Å². The number of carbonyl (C=O) groups is 1. The lowest BCUT2D eigenvalue weighted by Crippen LogP contribution is -2.53. The van der Waals surface area contributed by atoms with Crippen LogP contribution in [0.15, 0.2) is 0 Å². The molecule has 2 aliphatic rings. The summed E-state index contributed by atoms with van der Waals surface area (Å²) in [6, 6.07) is -0.545. The molecule has 1 N–H and O–H groups in total. The molecule has 1 aliphatic carbocycles. The highest BCUT2D eigenvalue weighted by Gasteiger charge is 2.31. The molecule has 0 bridgehead atoms. The summed E-state index contributed by atoms with van der Waals surface area (Å²) < 4.78 is 29.2. The van der Waals surface area contributed by atoms with Gasteiger partial charge >= 0.3 is 6.03 Å². The van der Waals surface area contributed by atoms with Crippen LogP contribution in [0.1, 0.15) is 46.0 Å². The zero-order valence-electron chi connectivity index (χ0n) is 14.3. The molecule has 0 unspecified atom stereocenters. The molecular formula is C16H30N2O4S. The fourth-order valence-electron chi connectivity index (χ4n) is 3.49. The van der Waals surface area contributed by atoms with Crippen LogP contribution in [0.25, 0.3) is 0 Å². The Morgan fingerprint density at radius 1 is 1.30 bits per heavy atom. The van der Waals surface area contributed by atoms with Crippen LogP contribution < -0.4 is 5.32 Å². The monoisotopic (exact) mass is 346 g/mol. The van der Waals surface area contributed by atoms with Crippen molar-refractivity contribution in [3.63, 3.8) is 0 Å². The van der Waals surface area contributed by atoms with Gasteiger partial charge in [-0.3, -0.25) is 0 Å². The zero-order chi connectivity index (χ0) is 16.9. The molecule has 2 atom stereocenters. The van der Waals surface area contributed by atoms with E-state index in [-0.39, 0.29) is 29.7 Å². The largest absolute Gasteiger partial charge is 0.374 e. The zero-order valence-corrected chi connectivity index (χ0v) is 15.1. The van der Waals surface area contributed by atoms with Gasteiger partial charge in [-0.05, 0) is 25.7 Å². The molecule has 2 amide bonds. The molecule has 2 rings (SSSR count). The molecule has 0 aromatic rings. The average Bonchev–Trinajstić information content (AvgIpc) is 2.55. The maximum atomic E-state index is 12.4. The average molecular weight is 346 g/mol. The molecule has 134 valence electrons. The molecule has 7 heteroatoms. The number of carbonyl (C=O) groups excluding carboxylic acids is 1. The minimum atomic E-state index is -3.08. The third kappa shape index (κ3) is 5.64. The van der Waals surface area contributed by atoms with Gasteiger partial charge in [-0.1, -0.05) is 26.2 Å². The summed E-state index contributed by atoms with van der Waals surface area (Å²) in [4.78, 5) is 14.2. The molecule has 1 heterocycles. The summed E-state index contributed by atoms with van der Waals surface area (Å²) in [7, 11) is -3.08. The van der Waals surface area contributed by atoms with Gasteiger partial charge in [0, 0.05) is 24.9 Å². The lowest BCUT2D eigenvalue weighted by atomic mass is 9.84. The van der Waals surface area contributed by atoms with Crippen molar-refractivity contribution < 1.29 is 17.9 Å². The number of nitrogens with zero attached hydrogens (tertiary/aromatic N) is 1. The maximum absolute atomic E-state index is 12.4. The fraction of sp³-hybridized carbons (Fsp3) is 0.938. The Morgan fingerprint density at radius 2 is 2.00 bits per heavy atom. The molecule has 2 fully saturated rings. The number of amides is 2. The minimum absolute atomic E-state index is 0.00830. The molecule has 23 heavy (non-hydrogen) atoms. The summed E-state index contributed by atoms with van der Waals surface area (Å²) in [5.41, 5.74) is 0. The third-order valence-electron chi connectivity index (χ3n) is 4.87. The second-order valence-electron chi connectivity index (χ2n) is 6.80. The van der Waals surface area contributed by atoms with E-state index in [0.717, 1.165) is 0 Å². The van der Waals surface area contributed by atoms with Crippen LogP contribution in [0, 0.1) is 5.92 Å². The predicted octanol–water partition coefficient (Wildman–Crippen LogP) is 1.80. The maximum Gasteiger partial charge on any atom is 0.317 e. The van der Waals surface area contributed by atoms with E-state index in [4.69, 9.17) is 4.74 Å². The van der Waals surface area contributed by atoms with Crippen molar-refractivity contribution in [3.05, 3.63) is 0 Å². The molecule has 0 aromatic heterocycles. The summed E-state index contributed by atoms with van der Waals surface area (Å²) in [5.74, 6) is 0.650. The van der Waals surface area contributed by atoms with Crippen LogP contribution in [0.4, 0.5) is 4.79 Å². The van der Waals surface area contributed by atoms with Crippen LogP contribution >= 0.6 is 0 Å². The Hall–Kier alpha value is -0.820. The van der Waals surface area contributed by atoms with Gasteiger partial charge in [-0.15, -0.1) is 0 Å². The topological polar surface area (TPSA) is 75.7 Å². The van der Waals surface area contributed by atoms with E-state index < -0.39 is 9.84 Å². The Kier molecular flexibility index (Phi) is 6.71. The van der Waals surface area contributed by atoms with Crippen LogP contribution in [0.5, 0.6) is 0 Å². The van der Waals surface area contributed by atoms with Crippen molar-refractivity contribution in [1.29, 1.82) is 0 Å². The van der Waals surface area contributed by atoms with Crippen LogP contribution in [-0.4, -0.2) is 62.7 Å². The number of ether oxygens (including phenoxy) is 1. The van der Waals surface area contributed by atoms with Crippen molar-refractivity contribution in [1.82, 2.24) is 10.2 Å². The predicted molar refractivity (Wildman–Crippen MR) is 90.2 cm³/mol. The standard InChI is InChI=1S/C16H30N2O4S/c1-3-23(20,21)12-13(2)17-16(19)18-9-10-22-15(11-18)14-7-5-4-6-8-14/h13-15H,3-12H2,1-2H3,(H,17,19)/t13-,15-/m0/s1. The van der Waals surface area contributed by atoms with Crippen LogP contribution in [-0.2, 0) is 14.6 Å². The smallest absolute Gasteiger partial charge is 0.317 e. The van der Waals surface area contributed by atoms with Gasteiger partial charge in [-0.25, -0.2) is 13.2 Å². The van der Waals surface area contributed by atoms with Crippen molar-refractivity contribution in [3.8, 4) is 0 Å². The van der Waals surface area contributed by atoms with Crippen molar-refractivity contribution in [2.45, 2.75) is 58.1 Å². The van der Waals surface area contributed by atoms with Gasteiger partial charge in [-0.2, -0.15) is 0 Å². The summed E-state index contributed by atoms with van der Waals surface area (Å²) in [6.07, 6.45) is 6.31. The lowest BCUT2D eigenvalue weighted by molar-refractivity contribution is -0.0526. The van der Waals surface area contributed by atoms with Gasteiger partial charge in [0.05, 0.1) is 18.5 Å². The van der Waals surface area contributed by atoms with E-state index in [0.29, 0.717) is 25.6 Å². The van der Waals surface area contributed by atoms with Crippen molar-refractivity contribution in [2.75, 3.05) is 31.2 Å². The molecule has 1 aliphatic heterocycles. The number of rotatable bonds is 5. The van der Waals surface area contributed by atoms with E-state index in [9.17, 15) is 13.2 Å². The van der Waals surface area contributed by atoms with E-state index in [1.807, 2.05) is 0 Å². The summed E-state index contributed by atoms with van der Waals surface area (Å²) >= 11 is 0. The number of sulfone groups is 1. The Labute approximate surface area is 139 Å². The van der Waals surface area contributed by atoms with Crippen LogP contribution in [0.3, 0.4) is 0 Å². The fourth-order valence-corrected chi connectivity index (χ4v) is 4.57. The number of hydrogen-bond donors (Lipinski definition) is 1. The van der Waals surface area contributed by atoms with E-state index in [2.05, 4.69) is 5.32 Å². The molecule has 1 saturated heterocycles. The van der Waals surface area contributed by atoms with E-state index in [1.54, 1.807) is 18.7 Å². The highest BCUT2D eigenvalue weighted by atomic mass is 32.2. The quantitative estimate of drug-likeness (QED) is 0.823. The third-order valence-corrected chi connectivity index (χ3v) is 6.76. The molecule has 0 aromatic carbocycles. The first kappa shape index (κ1) is 18.5. The van der Waals surface area contributed by atoms with E-state index >= 15 is 0 Å². The minimum Gasteiger partial charge on any atom is -0.374 e. The first-order valence-corrected chi connectivity index (χ1v) is 10.6. The number of morpholine rings is 1. The van der Waals surface area contributed by atoms with Crippen molar-refractivity contribution in [2.24, 2.45) is 5.92 Å². The summed E-state index contributed by atoms with van der Waals surface area (Å²) in [5, 5.41) is 2.82. The lowest BCUT2D eigenvalue weighted by Gasteiger charge is -2.38. The molecular weight excluding hydrogens is 316 g/mol. The first-order chi connectivity index (χ1) is 10.9. The van der Waals surface area contributed by atoms with Gasteiger partial charge in [0.1, 0.15) is 0 Å². The van der Waals surface area contributed by atoms with Gasteiger partial charge < -0.3 is 15.0 Å². The molecule has 1 saturated carbocycles. The number of nitrogens with one attached hydrogen (secondary N) is 1. The van der Waals surface area contributed by atoms with Gasteiger partial charge in [0.25, 0.3) is 0 Å². The Balaban J connectivity index is 1.84. The Bertz CT molecular complexity index is 488. The van der Waals surface area contributed by atoms with Gasteiger partial charge in [0.2, 0.25) is 0 Å². The second-order valence-corrected chi connectivity index (χ2v) is 9.20. The molecule has 0 radical (unpaired) electrons. The second kappa shape index (κ2) is 8.33. The first-order valence-electron chi connectivity index (χ1n) is 8.78. The van der Waals surface area contributed by atoms with Gasteiger partial charge in [0.15, 0.2) is 9.84 Å². The summed E-state index contributed by atoms with van der Waals surface area (Å²) in [6.45, 7) is 5.12. The normalized spacial score (nSPS) is 25.1. The Morgan fingerprint density at radius 3 is 2.65 bits per heavy atom. The number of hydrogen-bond acceptors (Lipinski definition) is 4.